The van der Waals surface area contributed by atoms with Gasteiger partial charge in [0.15, 0.2) is 0 Å². The average Bonchev–Trinajstić information content (AvgIpc) is 3.06. The Kier molecular flexibility index (Phi) is 5.95. The zero-order valence-corrected chi connectivity index (χ0v) is 16.0. The van der Waals surface area contributed by atoms with E-state index in [-0.39, 0.29) is 24.5 Å². The first kappa shape index (κ1) is 19.2. The van der Waals surface area contributed by atoms with Crippen molar-refractivity contribution in [2.45, 2.75) is 45.2 Å². The first-order chi connectivity index (χ1) is 13.0. The summed E-state index contributed by atoms with van der Waals surface area (Å²) in [5.41, 5.74) is 8.39. The molecule has 0 unspecified atom stereocenters. The zero-order valence-electron chi connectivity index (χ0n) is 16.0. The van der Waals surface area contributed by atoms with Gasteiger partial charge in [-0.15, -0.1) is 0 Å². The largest absolute Gasteiger partial charge is 0.396 e. The number of carbonyl (C=O) groups is 1. The summed E-state index contributed by atoms with van der Waals surface area (Å²) in [4.78, 5) is 23.4. The third kappa shape index (κ3) is 4.21. The van der Waals surface area contributed by atoms with Crippen LogP contribution in [0.15, 0.2) is 18.3 Å². The van der Waals surface area contributed by atoms with Gasteiger partial charge >= 0.3 is 0 Å². The maximum absolute atomic E-state index is 12.8. The Morgan fingerprint density at radius 2 is 2.22 bits per heavy atom. The van der Waals surface area contributed by atoms with Crippen LogP contribution in [0.5, 0.6) is 0 Å². The molecule has 0 fully saturated rings. The van der Waals surface area contributed by atoms with Gasteiger partial charge in [-0.05, 0) is 31.4 Å². The molecule has 1 amide bonds. The smallest absolute Gasteiger partial charge is 0.270 e. The number of carbonyl (C=O) groups excluding carboxylic acids is 1. The molecule has 0 aromatic carbocycles. The van der Waals surface area contributed by atoms with Crippen LogP contribution in [-0.2, 0) is 20.0 Å². The number of anilines is 2. The SMILES string of the molecule is CCC[C@@H](CCO)Nc1nc(N)nc2c1CCN(C(=O)c1cccn1C)C2. The summed E-state index contributed by atoms with van der Waals surface area (Å²) in [6.07, 6.45) is 5.15. The molecule has 27 heavy (non-hydrogen) atoms. The van der Waals surface area contributed by atoms with E-state index in [1.807, 2.05) is 29.9 Å². The Bertz CT molecular complexity index is 797. The molecular formula is C19H28N6O2. The molecule has 2 aromatic rings. The Balaban J connectivity index is 1.82. The average molecular weight is 372 g/mol. The van der Waals surface area contributed by atoms with E-state index in [9.17, 15) is 9.90 Å². The van der Waals surface area contributed by atoms with Crippen LogP contribution in [0.4, 0.5) is 11.8 Å². The molecule has 0 aliphatic carbocycles. The van der Waals surface area contributed by atoms with Crippen molar-refractivity contribution in [3.05, 3.63) is 35.3 Å². The van der Waals surface area contributed by atoms with Crippen molar-refractivity contribution in [3.63, 3.8) is 0 Å². The van der Waals surface area contributed by atoms with Gasteiger partial charge in [-0.1, -0.05) is 13.3 Å². The van der Waals surface area contributed by atoms with Crippen LogP contribution in [-0.4, -0.2) is 49.6 Å². The highest BCUT2D eigenvalue weighted by molar-refractivity contribution is 5.93. The number of aliphatic hydroxyl groups excluding tert-OH is 1. The topological polar surface area (TPSA) is 109 Å². The maximum atomic E-state index is 12.8. The maximum Gasteiger partial charge on any atom is 0.270 e. The number of nitrogen functional groups attached to an aromatic ring is 1. The summed E-state index contributed by atoms with van der Waals surface area (Å²) in [6.45, 7) is 3.26. The predicted molar refractivity (Wildman–Crippen MR) is 104 cm³/mol. The van der Waals surface area contributed by atoms with Crippen molar-refractivity contribution in [1.82, 2.24) is 19.4 Å². The van der Waals surface area contributed by atoms with Crippen molar-refractivity contribution >= 4 is 17.7 Å². The molecule has 0 saturated carbocycles. The van der Waals surface area contributed by atoms with Gasteiger partial charge in [0.25, 0.3) is 5.91 Å². The number of rotatable bonds is 7. The van der Waals surface area contributed by atoms with E-state index in [1.165, 1.54) is 0 Å². The molecule has 0 spiro atoms. The molecular weight excluding hydrogens is 344 g/mol. The van der Waals surface area contributed by atoms with Crippen molar-refractivity contribution < 1.29 is 9.90 Å². The van der Waals surface area contributed by atoms with Crippen molar-refractivity contribution in [3.8, 4) is 0 Å². The van der Waals surface area contributed by atoms with Gasteiger partial charge in [0.1, 0.15) is 11.5 Å². The van der Waals surface area contributed by atoms with Gasteiger partial charge < -0.3 is 25.6 Å². The fourth-order valence-corrected chi connectivity index (χ4v) is 3.57. The summed E-state index contributed by atoms with van der Waals surface area (Å²) < 4.78 is 1.82. The number of nitrogens with one attached hydrogen (secondary N) is 1. The predicted octanol–water partition coefficient (Wildman–Crippen LogP) is 1.56. The third-order valence-corrected chi connectivity index (χ3v) is 4.99. The molecule has 0 bridgehead atoms. The summed E-state index contributed by atoms with van der Waals surface area (Å²) >= 11 is 0. The second kappa shape index (κ2) is 8.39. The highest BCUT2D eigenvalue weighted by Gasteiger charge is 2.27. The van der Waals surface area contributed by atoms with Gasteiger partial charge in [0, 0.05) is 38.0 Å². The summed E-state index contributed by atoms with van der Waals surface area (Å²) in [5, 5.41) is 12.7. The van der Waals surface area contributed by atoms with Crippen LogP contribution < -0.4 is 11.1 Å². The standard InChI is InChI=1S/C19H28N6O2/c1-3-5-13(8-11-26)21-17-14-7-10-25(12-15(14)22-19(20)23-17)18(27)16-6-4-9-24(16)2/h4,6,9,13,26H,3,5,7-8,10-12H2,1-2H3,(H3,20,21,22,23)/t13-/m0/s1. The molecule has 2 aromatic heterocycles. The lowest BCUT2D eigenvalue weighted by Crippen LogP contribution is -2.38. The first-order valence-corrected chi connectivity index (χ1v) is 9.46. The van der Waals surface area contributed by atoms with Crippen LogP contribution in [0.2, 0.25) is 0 Å². The number of aliphatic hydroxyl groups is 1. The number of nitrogens with two attached hydrogens (primary N) is 1. The minimum atomic E-state index is -0.0102. The molecule has 3 rings (SSSR count). The van der Waals surface area contributed by atoms with Crippen LogP contribution in [0.25, 0.3) is 0 Å². The van der Waals surface area contributed by atoms with E-state index >= 15 is 0 Å². The van der Waals surface area contributed by atoms with Gasteiger partial charge in [-0.25, -0.2) is 4.98 Å². The molecule has 4 N–H and O–H groups in total. The molecule has 1 atom stereocenters. The Hall–Kier alpha value is -2.61. The number of hydrogen-bond acceptors (Lipinski definition) is 6. The molecule has 0 radical (unpaired) electrons. The van der Waals surface area contributed by atoms with Gasteiger partial charge in [-0.2, -0.15) is 4.98 Å². The van der Waals surface area contributed by atoms with Crippen LogP contribution in [0.1, 0.15) is 47.9 Å². The second-order valence-electron chi connectivity index (χ2n) is 6.98. The number of aryl methyl sites for hydroxylation is 1. The molecule has 8 heteroatoms. The van der Waals surface area contributed by atoms with Crippen LogP contribution in [0, 0.1) is 0 Å². The van der Waals surface area contributed by atoms with Crippen LogP contribution >= 0.6 is 0 Å². The lowest BCUT2D eigenvalue weighted by atomic mass is 10.0. The van der Waals surface area contributed by atoms with Crippen molar-refractivity contribution in [2.24, 2.45) is 7.05 Å². The molecule has 8 nitrogen and oxygen atoms in total. The normalized spacial score (nSPS) is 14.7. The lowest BCUT2D eigenvalue weighted by molar-refractivity contribution is 0.0722. The van der Waals surface area contributed by atoms with E-state index in [1.54, 1.807) is 4.90 Å². The van der Waals surface area contributed by atoms with Gasteiger partial charge in [-0.3, -0.25) is 4.79 Å². The van der Waals surface area contributed by atoms with Crippen LogP contribution in [0.3, 0.4) is 0 Å². The Morgan fingerprint density at radius 1 is 1.41 bits per heavy atom. The monoisotopic (exact) mass is 372 g/mol. The van der Waals surface area contributed by atoms with E-state index < -0.39 is 0 Å². The fourth-order valence-electron chi connectivity index (χ4n) is 3.57. The quantitative estimate of drug-likeness (QED) is 0.680. The number of nitrogens with zero attached hydrogens (tertiary/aromatic N) is 4. The second-order valence-corrected chi connectivity index (χ2v) is 6.98. The van der Waals surface area contributed by atoms with Crippen molar-refractivity contribution in [2.75, 3.05) is 24.2 Å². The highest BCUT2D eigenvalue weighted by Crippen LogP contribution is 2.26. The molecule has 1 aliphatic rings. The lowest BCUT2D eigenvalue weighted by Gasteiger charge is -2.30. The minimum absolute atomic E-state index is 0.0102. The fraction of sp³-hybridized carbons (Fsp3) is 0.526. The van der Waals surface area contributed by atoms with E-state index in [2.05, 4.69) is 22.2 Å². The number of hydrogen-bond donors (Lipinski definition) is 3. The first-order valence-electron chi connectivity index (χ1n) is 9.46. The summed E-state index contributed by atoms with van der Waals surface area (Å²) in [7, 11) is 1.86. The van der Waals surface area contributed by atoms with E-state index in [0.29, 0.717) is 31.6 Å². The minimum Gasteiger partial charge on any atom is -0.396 e. The Morgan fingerprint density at radius 3 is 2.89 bits per heavy atom. The van der Waals surface area contributed by atoms with Crippen molar-refractivity contribution in [1.29, 1.82) is 0 Å². The van der Waals surface area contributed by atoms with E-state index in [0.717, 1.165) is 29.9 Å². The third-order valence-electron chi connectivity index (χ3n) is 4.99. The number of aromatic nitrogens is 3. The van der Waals surface area contributed by atoms with Gasteiger partial charge in [0.05, 0.1) is 12.2 Å². The highest BCUT2D eigenvalue weighted by atomic mass is 16.3. The zero-order chi connectivity index (χ0) is 19.4. The molecule has 0 saturated heterocycles. The summed E-state index contributed by atoms with van der Waals surface area (Å²) in [5.74, 6) is 0.919. The van der Waals surface area contributed by atoms with Gasteiger partial charge in [0.2, 0.25) is 5.95 Å². The van der Waals surface area contributed by atoms with E-state index in [4.69, 9.17) is 5.73 Å². The number of amides is 1. The molecule has 1 aliphatic heterocycles. The summed E-state index contributed by atoms with van der Waals surface area (Å²) in [6, 6.07) is 3.83. The molecule has 146 valence electrons. The number of fused-ring (bicyclic) bond motifs is 1. The Labute approximate surface area is 159 Å². The molecule has 3 heterocycles.